The number of benzene rings is 1. The van der Waals surface area contributed by atoms with Crippen LogP contribution in [0.1, 0.15) is 44.1 Å². The maximum Gasteiger partial charge on any atom is 0.231 e. The second-order valence-corrected chi connectivity index (χ2v) is 6.85. The Hall–Kier alpha value is -1.75. The van der Waals surface area contributed by atoms with Crippen LogP contribution < -0.4 is 9.47 Å². The lowest BCUT2D eigenvalue weighted by atomic mass is 9.82. The molecule has 4 rings (SSSR count). The molecule has 1 aromatic carbocycles. The van der Waals surface area contributed by atoms with E-state index < -0.39 is 0 Å². The van der Waals surface area contributed by atoms with E-state index in [0.717, 1.165) is 42.7 Å². The Morgan fingerprint density at radius 2 is 1.91 bits per heavy atom. The maximum atomic E-state index is 12.7. The predicted molar refractivity (Wildman–Crippen MR) is 84.4 cm³/mol. The fourth-order valence-electron chi connectivity index (χ4n) is 4.24. The van der Waals surface area contributed by atoms with Gasteiger partial charge in [-0.25, -0.2) is 0 Å². The number of hydrogen-bond acceptors (Lipinski definition) is 4. The number of hydrogen-bond donors (Lipinski definition) is 1. The van der Waals surface area contributed by atoms with Crippen LogP contribution in [0.25, 0.3) is 0 Å². The molecule has 1 amide bonds. The Morgan fingerprint density at radius 1 is 1.17 bits per heavy atom. The van der Waals surface area contributed by atoms with Gasteiger partial charge in [0.05, 0.1) is 6.10 Å². The summed E-state index contributed by atoms with van der Waals surface area (Å²) in [5, 5.41) is 9.95. The van der Waals surface area contributed by atoms with E-state index in [-0.39, 0.29) is 30.9 Å². The molecule has 0 aromatic heterocycles. The minimum Gasteiger partial charge on any atom is -0.454 e. The molecule has 3 aliphatic rings. The number of ether oxygens (including phenoxy) is 2. The second-order valence-electron chi connectivity index (χ2n) is 6.85. The lowest BCUT2D eigenvalue weighted by Crippen LogP contribution is -2.55. The summed E-state index contributed by atoms with van der Waals surface area (Å²) in [6, 6.07) is 6.36. The third-order valence-corrected chi connectivity index (χ3v) is 5.30. The summed E-state index contributed by atoms with van der Waals surface area (Å²) < 4.78 is 10.7. The maximum absolute atomic E-state index is 12.7. The molecule has 3 heterocycles. The second kappa shape index (κ2) is 6.04. The topological polar surface area (TPSA) is 59.0 Å². The molecule has 0 spiro atoms. The first kappa shape index (κ1) is 14.8. The van der Waals surface area contributed by atoms with Crippen molar-refractivity contribution in [1.29, 1.82) is 0 Å². The molecule has 124 valence electrons. The first-order chi connectivity index (χ1) is 11.2. The van der Waals surface area contributed by atoms with E-state index in [9.17, 15) is 9.90 Å². The predicted octanol–water partition coefficient (Wildman–Crippen LogP) is 2.25. The summed E-state index contributed by atoms with van der Waals surface area (Å²) in [7, 11) is 0. The zero-order chi connectivity index (χ0) is 15.8. The van der Waals surface area contributed by atoms with Crippen LogP contribution in [0.4, 0.5) is 0 Å². The first-order valence-corrected chi connectivity index (χ1v) is 8.58. The molecule has 3 atom stereocenters. The Kier molecular flexibility index (Phi) is 3.89. The largest absolute Gasteiger partial charge is 0.454 e. The van der Waals surface area contributed by atoms with Gasteiger partial charge in [0.1, 0.15) is 0 Å². The van der Waals surface area contributed by atoms with Crippen LogP contribution in [0.5, 0.6) is 11.5 Å². The number of rotatable bonds is 3. The number of nitrogens with zero attached hydrogens (tertiary/aromatic N) is 1. The molecule has 5 nitrogen and oxygen atoms in total. The van der Waals surface area contributed by atoms with Gasteiger partial charge in [-0.1, -0.05) is 6.07 Å². The molecule has 23 heavy (non-hydrogen) atoms. The van der Waals surface area contributed by atoms with E-state index in [1.54, 1.807) is 0 Å². The molecular weight excluding hydrogens is 294 g/mol. The van der Waals surface area contributed by atoms with Gasteiger partial charge in [0.2, 0.25) is 12.7 Å². The van der Waals surface area contributed by atoms with Gasteiger partial charge in [-0.05, 0) is 56.2 Å². The summed E-state index contributed by atoms with van der Waals surface area (Å²) in [6.45, 7) is 0.275. The van der Waals surface area contributed by atoms with Gasteiger partial charge in [0.15, 0.2) is 11.5 Å². The van der Waals surface area contributed by atoms with Crippen molar-refractivity contribution < 1.29 is 19.4 Å². The number of aliphatic hydroxyl groups excluding tert-OH is 1. The van der Waals surface area contributed by atoms with Crippen LogP contribution in [-0.4, -0.2) is 40.9 Å². The standard InChI is InChI=1S/C18H23NO4/c20-15-9-13-2-1-3-14(10-15)19(13)18(21)7-5-12-4-6-16-17(8-12)23-11-22-16/h4,6,8,13-15,20H,1-3,5,7,9-11H2/t13-,14+,15?. The van der Waals surface area contributed by atoms with E-state index in [4.69, 9.17) is 9.47 Å². The van der Waals surface area contributed by atoms with Crippen molar-refractivity contribution in [1.82, 2.24) is 4.90 Å². The third-order valence-electron chi connectivity index (χ3n) is 5.30. The van der Waals surface area contributed by atoms with Crippen LogP contribution >= 0.6 is 0 Å². The number of fused-ring (bicyclic) bond motifs is 3. The molecule has 1 unspecified atom stereocenters. The molecule has 0 aliphatic carbocycles. The smallest absolute Gasteiger partial charge is 0.231 e. The van der Waals surface area contributed by atoms with Gasteiger partial charge in [-0.15, -0.1) is 0 Å². The molecule has 1 N–H and O–H groups in total. The van der Waals surface area contributed by atoms with Crippen LogP contribution in [0.2, 0.25) is 0 Å². The highest BCUT2D eigenvalue weighted by atomic mass is 16.7. The van der Waals surface area contributed by atoms with Crippen molar-refractivity contribution in [2.75, 3.05) is 6.79 Å². The number of aryl methyl sites for hydroxylation is 1. The summed E-state index contributed by atoms with van der Waals surface area (Å²) >= 11 is 0. The quantitative estimate of drug-likeness (QED) is 0.929. The SMILES string of the molecule is O=C(CCc1ccc2c(c1)OCO2)N1[C@@H]2CCC[C@H]1CC(O)C2. The molecule has 2 saturated heterocycles. The zero-order valence-electron chi connectivity index (χ0n) is 13.2. The first-order valence-electron chi connectivity index (χ1n) is 8.58. The Labute approximate surface area is 136 Å². The normalized spacial score (nSPS) is 28.7. The Bertz CT molecular complexity index is 589. The van der Waals surface area contributed by atoms with E-state index in [1.807, 2.05) is 18.2 Å². The van der Waals surface area contributed by atoms with E-state index in [2.05, 4.69) is 4.90 Å². The minimum absolute atomic E-state index is 0.226. The average molecular weight is 317 g/mol. The van der Waals surface area contributed by atoms with Crippen LogP contribution in [0, 0.1) is 0 Å². The van der Waals surface area contributed by atoms with Gasteiger partial charge < -0.3 is 19.5 Å². The fourth-order valence-corrected chi connectivity index (χ4v) is 4.24. The van der Waals surface area contributed by atoms with Crippen molar-refractivity contribution in [2.45, 2.75) is 63.1 Å². The van der Waals surface area contributed by atoms with E-state index in [1.165, 1.54) is 6.42 Å². The van der Waals surface area contributed by atoms with Crippen LogP contribution in [-0.2, 0) is 11.2 Å². The summed E-state index contributed by atoms with van der Waals surface area (Å²) in [4.78, 5) is 14.8. The summed E-state index contributed by atoms with van der Waals surface area (Å²) in [5.74, 6) is 1.77. The zero-order valence-corrected chi connectivity index (χ0v) is 13.2. The van der Waals surface area contributed by atoms with Gasteiger partial charge >= 0.3 is 0 Å². The third kappa shape index (κ3) is 2.90. The number of carbonyl (C=O) groups is 1. The van der Waals surface area contributed by atoms with Crippen molar-refractivity contribution in [2.24, 2.45) is 0 Å². The lowest BCUT2D eigenvalue weighted by Gasteiger charge is -2.48. The van der Waals surface area contributed by atoms with Crippen LogP contribution in [0.15, 0.2) is 18.2 Å². The summed E-state index contributed by atoms with van der Waals surface area (Å²) in [5.41, 5.74) is 1.10. The van der Waals surface area contributed by atoms with Crippen molar-refractivity contribution in [3.63, 3.8) is 0 Å². The van der Waals surface area contributed by atoms with Crippen molar-refractivity contribution in [3.8, 4) is 11.5 Å². The van der Waals surface area contributed by atoms with Crippen molar-refractivity contribution in [3.05, 3.63) is 23.8 Å². The molecule has 1 aromatic rings. The van der Waals surface area contributed by atoms with Gasteiger partial charge in [0, 0.05) is 18.5 Å². The number of amides is 1. The number of aliphatic hydroxyl groups is 1. The van der Waals surface area contributed by atoms with Gasteiger partial charge in [-0.3, -0.25) is 4.79 Å². The van der Waals surface area contributed by atoms with Gasteiger partial charge in [-0.2, -0.15) is 0 Å². The Morgan fingerprint density at radius 3 is 2.70 bits per heavy atom. The number of piperidine rings is 2. The molecule has 2 fully saturated rings. The molecular formula is C18H23NO4. The highest BCUT2D eigenvalue weighted by Gasteiger charge is 2.39. The molecule has 2 bridgehead atoms. The highest BCUT2D eigenvalue weighted by molar-refractivity contribution is 5.77. The molecule has 3 aliphatic heterocycles. The van der Waals surface area contributed by atoms with Crippen molar-refractivity contribution >= 4 is 5.91 Å². The van der Waals surface area contributed by atoms with Gasteiger partial charge in [0.25, 0.3) is 0 Å². The molecule has 0 radical (unpaired) electrons. The monoisotopic (exact) mass is 317 g/mol. The average Bonchev–Trinajstić information content (AvgIpc) is 2.99. The fraction of sp³-hybridized carbons (Fsp3) is 0.611. The number of carbonyl (C=O) groups excluding carboxylic acids is 1. The van der Waals surface area contributed by atoms with E-state index in [0.29, 0.717) is 12.8 Å². The highest BCUT2D eigenvalue weighted by Crippen LogP contribution is 2.35. The van der Waals surface area contributed by atoms with Crippen LogP contribution in [0.3, 0.4) is 0 Å². The van der Waals surface area contributed by atoms with E-state index >= 15 is 0 Å². The Balaban J connectivity index is 1.40. The summed E-state index contributed by atoms with van der Waals surface area (Å²) in [6.07, 6.45) is 5.72. The molecule has 0 saturated carbocycles. The molecule has 5 heteroatoms. The lowest BCUT2D eigenvalue weighted by molar-refractivity contribution is -0.143. The minimum atomic E-state index is -0.233.